The lowest BCUT2D eigenvalue weighted by atomic mass is 10.1. The van der Waals surface area contributed by atoms with Gasteiger partial charge >= 0.3 is 0 Å². The molecule has 3 nitrogen and oxygen atoms in total. The van der Waals surface area contributed by atoms with Gasteiger partial charge in [-0.15, -0.1) is 0 Å². The van der Waals surface area contributed by atoms with Crippen molar-refractivity contribution in [3.05, 3.63) is 51.1 Å². The number of benzene rings is 2. The molecule has 0 bridgehead atoms. The molecule has 0 aromatic heterocycles. The Morgan fingerprint density at radius 2 is 2.00 bits per heavy atom. The highest BCUT2D eigenvalue weighted by atomic mass is 127. The minimum Gasteiger partial charge on any atom is -0.397 e. The van der Waals surface area contributed by atoms with Gasteiger partial charge < -0.3 is 11.1 Å². The quantitative estimate of drug-likeness (QED) is 0.640. The Morgan fingerprint density at radius 1 is 1.22 bits per heavy atom. The highest BCUT2D eigenvalue weighted by Crippen LogP contribution is 2.28. The number of nitrogens with two attached hydrogens (primary N) is 1. The zero-order valence-electron chi connectivity index (χ0n) is 9.87. The number of anilines is 3. The topological polar surface area (TPSA) is 61.8 Å². The monoisotopic (exact) mass is 349 g/mol. The molecule has 18 heavy (non-hydrogen) atoms. The maximum Gasteiger partial charge on any atom is 0.0992 e. The lowest BCUT2D eigenvalue weighted by Crippen LogP contribution is -1.99. The number of nitrogen functional groups attached to an aromatic ring is 1. The van der Waals surface area contributed by atoms with Gasteiger partial charge in [-0.25, -0.2) is 0 Å². The second kappa shape index (κ2) is 5.27. The first-order valence-corrected chi connectivity index (χ1v) is 6.51. The lowest BCUT2D eigenvalue weighted by Gasteiger charge is -2.12. The van der Waals surface area contributed by atoms with E-state index in [1.807, 2.05) is 12.1 Å². The van der Waals surface area contributed by atoms with Crippen molar-refractivity contribution in [2.24, 2.45) is 0 Å². The molecule has 0 fully saturated rings. The van der Waals surface area contributed by atoms with Gasteiger partial charge in [-0.1, -0.05) is 6.07 Å². The van der Waals surface area contributed by atoms with Gasteiger partial charge in [-0.2, -0.15) is 5.26 Å². The standard InChI is InChI=1S/C14H12IN3/c1-9-11(15)3-2-4-13(9)18-14-7-10(8-16)5-6-12(14)17/h2-7,18H,17H2,1H3. The van der Waals surface area contributed by atoms with Gasteiger partial charge in [0.25, 0.3) is 0 Å². The molecule has 0 amide bonds. The predicted octanol–water partition coefficient (Wildman–Crippen LogP) is 3.80. The van der Waals surface area contributed by atoms with E-state index in [1.54, 1.807) is 18.2 Å². The van der Waals surface area contributed by atoms with Crippen LogP contribution >= 0.6 is 22.6 Å². The molecule has 0 radical (unpaired) electrons. The second-order valence-corrected chi connectivity index (χ2v) is 5.11. The third kappa shape index (κ3) is 2.57. The van der Waals surface area contributed by atoms with Gasteiger partial charge in [0.1, 0.15) is 0 Å². The maximum atomic E-state index is 8.90. The van der Waals surface area contributed by atoms with E-state index in [0.29, 0.717) is 11.3 Å². The zero-order chi connectivity index (χ0) is 13.1. The van der Waals surface area contributed by atoms with Crippen molar-refractivity contribution in [1.29, 1.82) is 5.26 Å². The second-order valence-electron chi connectivity index (χ2n) is 3.95. The molecule has 0 spiro atoms. The van der Waals surface area contributed by atoms with Crippen LogP contribution in [0.5, 0.6) is 0 Å². The first-order valence-electron chi connectivity index (χ1n) is 5.43. The molecular formula is C14H12IN3. The number of halogens is 1. The summed E-state index contributed by atoms with van der Waals surface area (Å²) in [5, 5.41) is 12.2. The van der Waals surface area contributed by atoms with Crippen LogP contribution in [0.15, 0.2) is 36.4 Å². The van der Waals surface area contributed by atoms with E-state index >= 15 is 0 Å². The van der Waals surface area contributed by atoms with Gasteiger partial charge in [-0.3, -0.25) is 0 Å². The van der Waals surface area contributed by atoms with E-state index in [1.165, 1.54) is 9.13 Å². The summed E-state index contributed by atoms with van der Waals surface area (Å²) in [7, 11) is 0. The van der Waals surface area contributed by atoms with Gasteiger partial charge in [-0.05, 0) is 65.4 Å². The molecule has 0 saturated heterocycles. The average molecular weight is 349 g/mol. The molecule has 4 heteroatoms. The first kappa shape index (κ1) is 12.7. The Kier molecular flexibility index (Phi) is 3.72. The van der Waals surface area contributed by atoms with E-state index in [2.05, 4.69) is 47.0 Å². The maximum absolute atomic E-state index is 8.90. The van der Waals surface area contributed by atoms with Crippen molar-refractivity contribution in [1.82, 2.24) is 0 Å². The molecule has 0 aliphatic heterocycles. The van der Waals surface area contributed by atoms with E-state index in [4.69, 9.17) is 11.0 Å². The summed E-state index contributed by atoms with van der Waals surface area (Å²) in [6.45, 7) is 2.05. The number of hydrogen-bond acceptors (Lipinski definition) is 3. The van der Waals surface area contributed by atoms with Crippen molar-refractivity contribution >= 4 is 39.7 Å². The third-order valence-corrected chi connectivity index (χ3v) is 3.89. The van der Waals surface area contributed by atoms with Crippen LogP contribution in [0.2, 0.25) is 0 Å². The van der Waals surface area contributed by atoms with Crippen molar-refractivity contribution < 1.29 is 0 Å². The molecule has 2 aromatic rings. The fourth-order valence-corrected chi connectivity index (χ4v) is 2.12. The summed E-state index contributed by atoms with van der Waals surface area (Å²) < 4.78 is 1.19. The molecule has 0 unspecified atom stereocenters. The van der Waals surface area contributed by atoms with E-state index in [-0.39, 0.29) is 0 Å². The molecular weight excluding hydrogens is 337 g/mol. The van der Waals surface area contributed by atoms with Crippen molar-refractivity contribution in [3.8, 4) is 6.07 Å². The van der Waals surface area contributed by atoms with Gasteiger partial charge in [0, 0.05) is 9.26 Å². The average Bonchev–Trinajstić information content (AvgIpc) is 2.37. The first-order chi connectivity index (χ1) is 8.61. The number of nitrogens with zero attached hydrogens (tertiary/aromatic N) is 1. The highest BCUT2D eigenvalue weighted by Gasteiger charge is 2.05. The Morgan fingerprint density at radius 3 is 2.72 bits per heavy atom. The molecule has 0 saturated carbocycles. The van der Waals surface area contributed by atoms with Crippen LogP contribution in [-0.2, 0) is 0 Å². The van der Waals surface area contributed by atoms with Crippen LogP contribution in [0, 0.1) is 21.8 Å². The van der Waals surface area contributed by atoms with Crippen molar-refractivity contribution in [2.75, 3.05) is 11.1 Å². The summed E-state index contributed by atoms with van der Waals surface area (Å²) in [6, 6.07) is 13.4. The molecule has 0 heterocycles. The van der Waals surface area contributed by atoms with Crippen molar-refractivity contribution in [3.63, 3.8) is 0 Å². The summed E-state index contributed by atoms with van der Waals surface area (Å²) in [5.74, 6) is 0. The van der Waals surface area contributed by atoms with Crippen LogP contribution in [-0.4, -0.2) is 0 Å². The number of rotatable bonds is 2. The molecule has 2 aromatic carbocycles. The zero-order valence-corrected chi connectivity index (χ0v) is 12.0. The van der Waals surface area contributed by atoms with E-state index in [0.717, 1.165) is 11.4 Å². The molecule has 3 N–H and O–H groups in total. The molecule has 2 rings (SSSR count). The molecule has 0 atom stereocenters. The fourth-order valence-electron chi connectivity index (χ4n) is 1.62. The minimum absolute atomic E-state index is 0.593. The van der Waals surface area contributed by atoms with Crippen LogP contribution in [0.1, 0.15) is 11.1 Å². The molecule has 0 aliphatic rings. The number of nitriles is 1. The van der Waals surface area contributed by atoms with Crippen molar-refractivity contribution in [2.45, 2.75) is 6.92 Å². The highest BCUT2D eigenvalue weighted by molar-refractivity contribution is 14.1. The molecule has 0 aliphatic carbocycles. The normalized spacial score (nSPS) is 9.83. The van der Waals surface area contributed by atoms with E-state index < -0.39 is 0 Å². The van der Waals surface area contributed by atoms with E-state index in [9.17, 15) is 0 Å². The van der Waals surface area contributed by atoms with Crippen LogP contribution in [0.4, 0.5) is 17.1 Å². The van der Waals surface area contributed by atoms with Crippen LogP contribution in [0.25, 0.3) is 0 Å². The third-order valence-electron chi connectivity index (χ3n) is 2.72. The van der Waals surface area contributed by atoms with Crippen LogP contribution in [0.3, 0.4) is 0 Å². The summed E-state index contributed by atoms with van der Waals surface area (Å²) in [4.78, 5) is 0. The Bertz CT molecular complexity index is 629. The lowest BCUT2D eigenvalue weighted by molar-refractivity contribution is 1.39. The minimum atomic E-state index is 0.593. The largest absolute Gasteiger partial charge is 0.397 e. The smallest absolute Gasteiger partial charge is 0.0992 e. The Balaban J connectivity index is 2.40. The van der Waals surface area contributed by atoms with Gasteiger partial charge in [0.05, 0.1) is 23.0 Å². The summed E-state index contributed by atoms with van der Waals surface area (Å²) >= 11 is 2.29. The number of nitrogens with one attached hydrogen (secondary N) is 1. The molecule has 90 valence electrons. The van der Waals surface area contributed by atoms with Gasteiger partial charge in [0.2, 0.25) is 0 Å². The Hall–Kier alpha value is -1.74. The number of hydrogen-bond donors (Lipinski definition) is 2. The summed E-state index contributed by atoms with van der Waals surface area (Å²) in [5.41, 5.74) is 10.1. The van der Waals surface area contributed by atoms with Crippen LogP contribution < -0.4 is 11.1 Å². The fraction of sp³-hybridized carbons (Fsp3) is 0.0714. The van der Waals surface area contributed by atoms with Gasteiger partial charge in [0.15, 0.2) is 0 Å². The summed E-state index contributed by atoms with van der Waals surface area (Å²) in [6.07, 6.45) is 0. The Labute approximate surface area is 120 Å². The predicted molar refractivity (Wildman–Crippen MR) is 82.7 cm³/mol. The SMILES string of the molecule is Cc1c(I)cccc1Nc1cc(C#N)ccc1N.